The van der Waals surface area contributed by atoms with Crippen LogP contribution in [0, 0.1) is 0 Å². The van der Waals surface area contributed by atoms with Crippen LogP contribution in [0.3, 0.4) is 0 Å². The van der Waals surface area contributed by atoms with Crippen molar-refractivity contribution in [3.63, 3.8) is 0 Å². The highest BCUT2D eigenvalue weighted by atomic mass is 15.2. The van der Waals surface area contributed by atoms with E-state index in [1.165, 1.54) is 63.1 Å². The van der Waals surface area contributed by atoms with Crippen molar-refractivity contribution < 1.29 is 0 Å². The summed E-state index contributed by atoms with van der Waals surface area (Å²) in [6.07, 6.45) is 8.69. The van der Waals surface area contributed by atoms with E-state index < -0.39 is 0 Å². The maximum atomic E-state index is 4.58. The van der Waals surface area contributed by atoms with Crippen LogP contribution < -0.4 is 0 Å². The number of likely N-dealkylation sites (tertiary alicyclic amines) is 1. The van der Waals surface area contributed by atoms with Crippen LogP contribution >= 0.6 is 0 Å². The molecule has 1 aromatic rings. The standard InChI is InChI=1S/C12H19N3/c1-2-8-15-10-13-11(12(15)5-1)9-14-6-3-4-7-14/h10H,1-9H2. The first-order valence-corrected chi connectivity index (χ1v) is 6.19. The fourth-order valence-electron chi connectivity index (χ4n) is 2.79. The second-order valence-corrected chi connectivity index (χ2v) is 4.77. The van der Waals surface area contributed by atoms with Crippen LogP contribution in [0.1, 0.15) is 37.1 Å². The van der Waals surface area contributed by atoms with Crippen LogP contribution in [-0.2, 0) is 19.5 Å². The Balaban J connectivity index is 1.76. The number of fused-ring (bicyclic) bond motifs is 1. The fraction of sp³-hybridized carbons (Fsp3) is 0.750. The lowest BCUT2D eigenvalue weighted by Crippen LogP contribution is -2.20. The molecule has 1 saturated heterocycles. The Labute approximate surface area is 91.1 Å². The summed E-state index contributed by atoms with van der Waals surface area (Å²) in [7, 11) is 0. The molecular weight excluding hydrogens is 186 g/mol. The van der Waals surface area contributed by atoms with Gasteiger partial charge in [0.15, 0.2) is 0 Å². The van der Waals surface area contributed by atoms with Gasteiger partial charge in [-0.15, -0.1) is 0 Å². The molecule has 0 unspecified atom stereocenters. The van der Waals surface area contributed by atoms with Crippen molar-refractivity contribution in [3.8, 4) is 0 Å². The first-order chi connectivity index (χ1) is 7.43. The molecule has 82 valence electrons. The Morgan fingerprint density at radius 1 is 1.07 bits per heavy atom. The van der Waals surface area contributed by atoms with E-state index in [9.17, 15) is 0 Å². The second-order valence-electron chi connectivity index (χ2n) is 4.77. The lowest BCUT2D eigenvalue weighted by Gasteiger charge is -2.18. The summed E-state index contributed by atoms with van der Waals surface area (Å²) in [6, 6.07) is 0. The molecule has 1 fully saturated rings. The average Bonchev–Trinajstić information content (AvgIpc) is 2.89. The minimum Gasteiger partial charge on any atom is -0.334 e. The summed E-state index contributed by atoms with van der Waals surface area (Å²) in [4.78, 5) is 7.12. The van der Waals surface area contributed by atoms with Crippen LogP contribution in [0.2, 0.25) is 0 Å². The molecule has 2 aliphatic heterocycles. The number of hydrogen-bond donors (Lipinski definition) is 0. The summed E-state index contributed by atoms with van der Waals surface area (Å²) in [5.74, 6) is 0. The van der Waals surface area contributed by atoms with E-state index in [0.717, 1.165) is 6.54 Å². The van der Waals surface area contributed by atoms with Gasteiger partial charge in [-0.25, -0.2) is 4.98 Å². The third-order valence-electron chi connectivity index (χ3n) is 3.67. The second kappa shape index (κ2) is 3.97. The SMILES string of the molecule is c1nc(CN2CCCC2)c2n1CCCC2. The molecule has 3 nitrogen and oxygen atoms in total. The first-order valence-electron chi connectivity index (χ1n) is 6.19. The molecule has 15 heavy (non-hydrogen) atoms. The van der Waals surface area contributed by atoms with Gasteiger partial charge in [0.05, 0.1) is 12.0 Å². The summed E-state index contributed by atoms with van der Waals surface area (Å²) in [6.45, 7) is 4.81. The van der Waals surface area contributed by atoms with Gasteiger partial charge in [-0.1, -0.05) is 0 Å². The smallest absolute Gasteiger partial charge is 0.0952 e. The molecule has 0 atom stereocenters. The predicted octanol–water partition coefficient (Wildman–Crippen LogP) is 1.82. The molecule has 3 rings (SSSR count). The van der Waals surface area contributed by atoms with E-state index >= 15 is 0 Å². The number of rotatable bonds is 2. The first kappa shape index (κ1) is 9.40. The van der Waals surface area contributed by atoms with Gasteiger partial charge in [0.2, 0.25) is 0 Å². The maximum Gasteiger partial charge on any atom is 0.0952 e. The fourth-order valence-corrected chi connectivity index (χ4v) is 2.79. The maximum absolute atomic E-state index is 4.58. The summed E-state index contributed by atoms with van der Waals surface area (Å²) < 4.78 is 2.36. The van der Waals surface area contributed by atoms with Crippen molar-refractivity contribution in [2.75, 3.05) is 13.1 Å². The molecule has 3 heteroatoms. The van der Waals surface area contributed by atoms with Crippen LogP contribution in [-0.4, -0.2) is 27.5 Å². The summed E-state index contributed by atoms with van der Waals surface area (Å²) in [5, 5.41) is 0. The summed E-state index contributed by atoms with van der Waals surface area (Å²) >= 11 is 0. The van der Waals surface area contributed by atoms with Gasteiger partial charge >= 0.3 is 0 Å². The van der Waals surface area contributed by atoms with E-state index in [4.69, 9.17) is 0 Å². The molecule has 0 saturated carbocycles. The predicted molar refractivity (Wildman–Crippen MR) is 59.7 cm³/mol. The zero-order valence-electron chi connectivity index (χ0n) is 9.28. The van der Waals surface area contributed by atoms with Crippen LogP contribution in [0.25, 0.3) is 0 Å². The van der Waals surface area contributed by atoms with Crippen molar-refractivity contribution in [1.29, 1.82) is 0 Å². The highest BCUT2D eigenvalue weighted by molar-refractivity contribution is 5.15. The van der Waals surface area contributed by atoms with Gasteiger partial charge in [0.1, 0.15) is 0 Å². The lowest BCUT2D eigenvalue weighted by molar-refractivity contribution is 0.325. The molecule has 3 heterocycles. The molecule has 0 aliphatic carbocycles. The lowest BCUT2D eigenvalue weighted by atomic mass is 10.1. The van der Waals surface area contributed by atoms with Gasteiger partial charge in [-0.2, -0.15) is 0 Å². The van der Waals surface area contributed by atoms with Gasteiger partial charge in [-0.05, 0) is 45.2 Å². The minimum absolute atomic E-state index is 1.09. The van der Waals surface area contributed by atoms with Crippen molar-refractivity contribution in [1.82, 2.24) is 14.5 Å². The minimum atomic E-state index is 1.09. The van der Waals surface area contributed by atoms with Crippen LogP contribution in [0.4, 0.5) is 0 Å². The van der Waals surface area contributed by atoms with E-state index in [2.05, 4.69) is 14.5 Å². The topological polar surface area (TPSA) is 21.1 Å². The van der Waals surface area contributed by atoms with Gasteiger partial charge in [-0.3, -0.25) is 4.90 Å². The molecule has 0 spiro atoms. The number of aryl methyl sites for hydroxylation is 1. The molecule has 0 N–H and O–H groups in total. The number of imidazole rings is 1. The van der Waals surface area contributed by atoms with Gasteiger partial charge < -0.3 is 4.57 Å². The van der Waals surface area contributed by atoms with Gasteiger partial charge in [0, 0.05) is 18.8 Å². The van der Waals surface area contributed by atoms with Crippen molar-refractivity contribution in [2.24, 2.45) is 0 Å². The van der Waals surface area contributed by atoms with E-state index in [0.29, 0.717) is 0 Å². The number of hydrogen-bond acceptors (Lipinski definition) is 2. The Bertz CT molecular complexity index is 337. The molecule has 2 aliphatic rings. The Hall–Kier alpha value is -0.830. The molecule has 0 radical (unpaired) electrons. The van der Waals surface area contributed by atoms with Crippen LogP contribution in [0.5, 0.6) is 0 Å². The third kappa shape index (κ3) is 1.81. The average molecular weight is 205 g/mol. The highest BCUT2D eigenvalue weighted by Gasteiger charge is 2.18. The normalized spacial score (nSPS) is 21.9. The van der Waals surface area contributed by atoms with E-state index in [1.54, 1.807) is 0 Å². The van der Waals surface area contributed by atoms with Gasteiger partial charge in [0.25, 0.3) is 0 Å². The van der Waals surface area contributed by atoms with Crippen molar-refractivity contribution in [2.45, 2.75) is 45.2 Å². The largest absolute Gasteiger partial charge is 0.334 e. The number of aromatic nitrogens is 2. The summed E-state index contributed by atoms with van der Waals surface area (Å²) in [5.41, 5.74) is 2.85. The Kier molecular flexibility index (Phi) is 2.49. The third-order valence-corrected chi connectivity index (χ3v) is 3.67. The van der Waals surface area contributed by atoms with Crippen molar-refractivity contribution >= 4 is 0 Å². The Morgan fingerprint density at radius 3 is 2.73 bits per heavy atom. The molecule has 1 aromatic heterocycles. The van der Waals surface area contributed by atoms with Crippen molar-refractivity contribution in [3.05, 3.63) is 17.7 Å². The monoisotopic (exact) mass is 205 g/mol. The Morgan fingerprint density at radius 2 is 1.87 bits per heavy atom. The zero-order valence-corrected chi connectivity index (χ0v) is 9.28. The zero-order chi connectivity index (χ0) is 10.1. The highest BCUT2D eigenvalue weighted by Crippen LogP contribution is 2.20. The van der Waals surface area contributed by atoms with E-state index in [-0.39, 0.29) is 0 Å². The molecule has 0 aromatic carbocycles. The van der Waals surface area contributed by atoms with Crippen LogP contribution in [0.15, 0.2) is 6.33 Å². The molecule has 0 amide bonds. The molecular formula is C12H19N3. The van der Waals surface area contributed by atoms with E-state index in [1.807, 2.05) is 6.33 Å². The molecule has 0 bridgehead atoms. The quantitative estimate of drug-likeness (QED) is 0.734. The number of nitrogens with zero attached hydrogens (tertiary/aromatic N) is 3.